The van der Waals surface area contributed by atoms with Gasteiger partial charge in [-0.1, -0.05) is 0 Å². The largest absolute Gasteiger partial charge is 0.460 e. The second-order valence-corrected chi connectivity index (χ2v) is 5.26. The van der Waals surface area contributed by atoms with Crippen molar-refractivity contribution in [3.05, 3.63) is 0 Å². The third kappa shape index (κ3) is 3.14. The minimum Gasteiger partial charge on any atom is -0.296 e. The maximum atomic E-state index is 13.1. The summed E-state index contributed by atoms with van der Waals surface area (Å²) in [5.41, 5.74) is 0. The monoisotopic (exact) mass is 498 g/mol. The number of hydrogen-bond acceptors (Lipinski definition) is 1. The van der Waals surface area contributed by atoms with Crippen LogP contribution in [0.4, 0.5) is 83.4 Å². The Morgan fingerprint density at radius 1 is 0.333 bits per heavy atom. The van der Waals surface area contributed by atoms with Crippen LogP contribution in [0.1, 0.15) is 0 Å². The fourth-order valence-corrected chi connectivity index (χ4v) is 1.45. The molecule has 20 heteroatoms. The molecule has 30 heavy (non-hydrogen) atoms. The molecule has 0 aromatic carbocycles. The van der Waals surface area contributed by atoms with E-state index in [9.17, 15) is 88.2 Å². The molecule has 0 atom stereocenters. The molecule has 0 fully saturated rings. The van der Waals surface area contributed by atoms with Gasteiger partial charge in [-0.05, 0) is 0 Å². The molecule has 0 aliphatic rings. The molecule has 0 spiro atoms. The number of carbonyl (C=O) groups excluding carboxylic acids is 1. The second-order valence-electron chi connectivity index (χ2n) is 5.26. The van der Waals surface area contributed by atoms with Crippen LogP contribution in [0.2, 0.25) is 0 Å². The smallest absolute Gasteiger partial charge is 0.296 e. The third-order valence-electron chi connectivity index (χ3n) is 3.29. The van der Waals surface area contributed by atoms with Crippen LogP contribution in [0, 0.1) is 0 Å². The molecule has 0 radical (unpaired) electrons. The summed E-state index contributed by atoms with van der Waals surface area (Å²) < 4.78 is 241. The first-order chi connectivity index (χ1) is 12.6. The summed E-state index contributed by atoms with van der Waals surface area (Å²) >= 11 is 0. The average molecular weight is 498 g/mol. The molecule has 0 heterocycles. The highest BCUT2D eigenvalue weighted by Gasteiger charge is 2.96. The van der Waals surface area contributed by atoms with Crippen molar-refractivity contribution in [2.75, 3.05) is 0 Å². The molecular weight excluding hydrogens is 497 g/mol. The molecule has 0 bridgehead atoms. The van der Waals surface area contributed by atoms with Crippen LogP contribution in [-0.2, 0) is 4.79 Å². The van der Waals surface area contributed by atoms with E-state index in [0.29, 0.717) is 0 Å². The third-order valence-corrected chi connectivity index (χ3v) is 3.29. The van der Waals surface area contributed by atoms with Crippen molar-refractivity contribution in [2.24, 2.45) is 0 Å². The van der Waals surface area contributed by atoms with Crippen LogP contribution in [0.3, 0.4) is 0 Å². The number of carbonyl (C=O) groups is 1. The Morgan fingerprint density at radius 2 is 0.533 bits per heavy atom. The normalized spacial score (nSPS) is 16.6. The number of rotatable bonds is 8. The van der Waals surface area contributed by atoms with Gasteiger partial charge in [0.05, 0.1) is 0 Å². The van der Waals surface area contributed by atoms with Crippen LogP contribution in [0.5, 0.6) is 0 Å². The summed E-state index contributed by atoms with van der Waals surface area (Å²) in [6.45, 7) is 0. The van der Waals surface area contributed by atoms with Crippen LogP contribution in [0.25, 0.3) is 0 Å². The van der Waals surface area contributed by atoms with Crippen molar-refractivity contribution in [3.63, 3.8) is 0 Å². The van der Waals surface area contributed by atoms with Gasteiger partial charge in [0.25, 0.3) is 0 Å². The molecule has 0 unspecified atom stereocenters. The summed E-state index contributed by atoms with van der Waals surface area (Å²) in [5.74, 6) is -67.6. The second kappa shape index (κ2) is 6.67. The zero-order chi connectivity index (χ0) is 25.2. The van der Waals surface area contributed by atoms with Gasteiger partial charge in [-0.2, -0.15) is 83.4 Å². The molecule has 0 saturated carbocycles. The minimum atomic E-state index is -8.97. The summed E-state index contributed by atoms with van der Waals surface area (Å²) in [6.07, 6.45) is -10.5. The van der Waals surface area contributed by atoms with E-state index in [2.05, 4.69) is 0 Å². The standard InChI is InChI=1S/C10HF19O/c11-2(12,1-30)3(13,14)4(15,16)5(17,18)6(19,20)7(21,22)8(23,24)9(25,26)10(27,28)29/h1H. The molecule has 0 aliphatic heterocycles. The van der Waals surface area contributed by atoms with E-state index in [1.54, 1.807) is 0 Å². The Hall–Kier alpha value is -1.66. The summed E-state index contributed by atoms with van der Waals surface area (Å²) in [4.78, 5) is 9.61. The molecular formula is C10HF19O. The summed E-state index contributed by atoms with van der Waals surface area (Å²) in [7, 11) is 0. The lowest BCUT2D eigenvalue weighted by atomic mass is 9.87. The molecule has 0 aromatic heterocycles. The van der Waals surface area contributed by atoms with E-state index >= 15 is 0 Å². The van der Waals surface area contributed by atoms with E-state index in [1.807, 2.05) is 0 Å². The van der Waals surface area contributed by atoms with E-state index in [4.69, 9.17) is 0 Å². The van der Waals surface area contributed by atoms with E-state index in [-0.39, 0.29) is 0 Å². The van der Waals surface area contributed by atoms with Gasteiger partial charge in [-0.3, -0.25) is 4.79 Å². The van der Waals surface area contributed by atoms with E-state index in [0.717, 1.165) is 0 Å². The van der Waals surface area contributed by atoms with Gasteiger partial charge in [-0.15, -0.1) is 0 Å². The Bertz CT molecular complexity index is 655. The fourth-order valence-electron chi connectivity index (χ4n) is 1.45. The van der Waals surface area contributed by atoms with Crippen molar-refractivity contribution in [3.8, 4) is 0 Å². The highest BCUT2D eigenvalue weighted by Crippen LogP contribution is 2.64. The van der Waals surface area contributed by atoms with Gasteiger partial charge in [0.1, 0.15) is 0 Å². The van der Waals surface area contributed by atoms with Gasteiger partial charge in [0.2, 0.25) is 0 Å². The summed E-state index contributed by atoms with van der Waals surface area (Å²) in [6, 6.07) is 0. The van der Waals surface area contributed by atoms with Gasteiger partial charge in [-0.25, -0.2) is 0 Å². The molecule has 0 N–H and O–H groups in total. The SMILES string of the molecule is O=CC(F)(F)C(F)(F)C(F)(F)C(F)(F)C(F)(F)C(F)(F)C(F)(F)C(F)(F)C(F)(F)F. The maximum absolute atomic E-state index is 13.1. The fraction of sp³-hybridized carbons (Fsp3) is 0.900. The van der Waals surface area contributed by atoms with Crippen LogP contribution >= 0.6 is 0 Å². The van der Waals surface area contributed by atoms with E-state index in [1.165, 1.54) is 0 Å². The quantitative estimate of drug-likeness (QED) is 0.304. The highest BCUT2D eigenvalue weighted by atomic mass is 19.4. The molecule has 0 aromatic rings. The predicted octanol–water partition coefficient (Wildman–Crippen LogP) is 5.83. The van der Waals surface area contributed by atoms with Crippen LogP contribution in [0.15, 0.2) is 0 Å². The first-order valence-electron chi connectivity index (χ1n) is 6.12. The lowest BCUT2D eigenvalue weighted by molar-refractivity contribution is -0.466. The van der Waals surface area contributed by atoms with Crippen molar-refractivity contribution < 1.29 is 88.2 Å². The lowest BCUT2D eigenvalue weighted by Gasteiger charge is -2.43. The molecule has 0 aliphatic carbocycles. The average Bonchev–Trinajstić information content (AvgIpc) is 2.52. The van der Waals surface area contributed by atoms with Crippen molar-refractivity contribution in [1.29, 1.82) is 0 Å². The molecule has 1 nitrogen and oxygen atoms in total. The number of alkyl halides is 19. The minimum absolute atomic E-state index is 2.58. The first-order valence-corrected chi connectivity index (χ1v) is 6.12. The van der Waals surface area contributed by atoms with Crippen LogP contribution in [-0.4, -0.2) is 59.8 Å². The number of aldehydes is 1. The maximum Gasteiger partial charge on any atom is 0.460 e. The number of halogens is 19. The lowest BCUT2D eigenvalue weighted by Crippen LogP contribution is -2.75. The van der Waals surface area contributed by atoms with Crippen molar-refractivity contribution in [1.82, 2.24) is 0 Å². The predicted molar refractivity (Wildman–Crippen MR) is 51.7 cm³/mol. The van der Waals surface area contributed by atoms with Gasteiger partial charge in [0.15, 0.2) is 6.29 Å². The molecule has 0 saturated heterocycles. The Balaban J connectivity index is 6.89. The highest BCUT2D eigenvalue weighted by molar-refractivity contribution is 5.62. The van der Waals surface area contributed by atoms with Gasteiger partial charge < -0.3 is 0 Å². The first kappa shape index (κ1) is 28.3. The van der Waals surface area contributed by atoms with Crippen LogP contribution < -0.4 is 0 Å². The van der Waals surface area contributed by atoms with E-state index < -0.39 is 59.8 Å². The van der Waals surface area contributed by atoms with Gasteiger partial charge in [0, 0.05) is 0 Å². The summed E-state index contributed by atoms with van der Waals surface area (Å²) in [5, 5.41) is 0. The molecule has 180 valence electrons. The molecule has 0 rings (SSSR count). The van der Waals surface area contributed by atoms with Gasteiger partial charge >= 0.3 is 53.6 Å². The topological polar surface area (TPSA) is 17.1 Å². The Kier molecular flexibility index (Phi) is 6.30. The zero-order valence-corrected chi connectivity index (χ0v) is 12.7. The van der Waals surface area contributed by atoms with Crippen molar-refractivity contribution >= 4 is 6.29 Å². The van der Waals surface area contributed by atoms with Crippen molar-refractivity contribution in [2.45, 2.75) is 53.6 Å². The zero-order valence-electron chi connectivity index (χ0n) is 12.7. The molecule has 0 amide bonds. The number of hydrogen-bond donors (Lipinski definition) is 0. The Labute approximate surface area is 149 Å². The Morgan fingerprint density at radius 3 is 0.733 bits per heavy atom.